The summed E-state index contributed by atoms with van der Waals surface area (Å²) in [6.07, 6.45) is 4.93. The van der Waals surface area contributed by atoms with E-state index in [0.717, 1.165) is 54.3 Å². The van der Waals surface area contributed by atoms with Crippen molar-refractivity contribution >= 4 is 39.7 Å². The number of nitrogens with one attached hydrogen (secondary N) is 1. The lowest BCUT2D eigenvalue weighted by Crippen LogP contribution is -2.41. The van der Waals surface area contributed by atoms with Crippen LogP contribution in [0.3, 0.4) is 0 Å². The molecule has 0 spiro atoms. The van der Waals surface area contributed by atoms with Crippen LogP contribution in [-0.2, 0) is 11.8 Å². The molecule has 0 bridgehead atoms. The van der Waals surface area contributed by atoms with E-state index < -0.39 is 0 Å². The number of amides is 2. The monoisotopic (exact) mass is 437 g/mol. The van der Waals surface area contributed by atoms with E-state index in [2.05, 4.69) is 41.2 Å². The summed E-state index contributed by atoms with van der Waals surface area (Å²) in [4.78, 5) is 28.1. The van der Waals surface area contributed by atoms with Gasteiger partial charge in [0.25, 0.3) is 11.8 Å². The Morgan fingerprint density at radius 2 is 1.52 bits per heavy atom. The number of likely N-dealkylation sites (tertiary alicyclic amines) is 1. The molecule has 1 saturated heterocycles. The molecule has 5 heteroatoms. The highest BCUT2D eigenvalue weighted by Crippen LogP contribution is 2.29. The highest BCUT2D eigenvalue weighted by Gasteiger charge is 2.22. The molecular weight excluding hydrogens is 410 g/mol. The third kappa shape index (κ3) is 4.14. The second kappa shape index (κ2) is 8.94. The van der Waals surface area contributed by atoms with Gasteiger partial charge in [-0.2, -0.15) is 0 Å². The zero-order valence-electron chi connectivity index (χ0n) is 18.8. The number of carbonyl (C=O) groups excluding carboxylic acids is 2. The lowest BCUT2D eigenvalue weighted by atomic mass is 10.1. The second-order valence-electron chi connectivity index (χ2n) is 8.58. The molecule has 33 heavy (non-hydrogen) atoms. The molecule has 166 valence electrons. The molecule has 2 amide bonds. The van der Waals surface area contributed by atoms with Gasteiger partial charge in [-0.05, 0) is 61.2 Å². The summed E-state index contributed by atoms with van der Waals surface area (Å²) in [6, 6.07) is 23.5. The Kier molecular flexibility index (Phi) is 5.69. The van der Waals surface area contributed by atoms with E-state index in [0.29, 0.717) is 11.3 Å². The summed E-state index contributed by atoms with van der Waals surface area (Å²) in [5.74, 6) is -0.407. The minimum Gasteiger partial charge on any atom is -0.344 e. The first-order valence-electron chi connectivity index (χ1n) is 11.5. The minimum absolute atomic E-state index is 0.128. The number of fused-ring (bicyclic) bond motifs is 3. The van der Waals surface area contributed by atoms with E-state index in [4.69, 9.17) is 0 Å². The summed E-state index contributed by atoms with van der Waals surface area (Å²) in [5, 5.41) is 5.19. The normalized spacial score (nSPS) is 14.6. The maximum absolute atomic E-state index is 13.4. The van der Waals surface area contributed by atoms with Crippen molar-refractivity contribution in [1.29, 1.82) is 0 Å². The van der Waals surface area contributed by atoms with Gasteiger partial charge in [-0.25, -0.2) is 0 Å². The first-order valence-corrected chi connectivity index (χ1v) is 11.5. The Labute approximate surface area is 193 Å². The van der Waals surface area contributed by atoms with Crippen LogP contribution in [0.1, 0.15) is 35.2 Å². The summed E-state index contributed by atoms with van der Waals surface area (Å²) >= 11 is 0. The van der Waals surface area contributed by atoms with Crippen LogP contribution in [0.15, 0.2) is 78.5 Å². The molecule has 4 aromatic rings. The molecule has 1 N–H and O–H groups in total. The van der Waals surface area contributed by atoms with Crippen molar-refractivity contribution in [3.63, 3.8) is 0 Å². The van der Waals surface area contributed by atoms with Crippen molar-refractivity contribution in [3.8, 4) is 0 Å². The SMILES string of the molecule is Cn1c2ccccc2c2cc(/C=C(\NC(=O)c3ccccc3)C(=O)N3CCCCC3)ccc21. The molecule has 0 radical (unpaired) electrons. The molecule has 1 aliphatic heterocycles. The van der Waals surface area contributed by atoms with Crippen molar-refractivity contribution in [2.75, 3.05) is 13.1 Å². The number of hydrogen-bond donors (Lipinski definition) is 1. The van der Waals surface area contributed by atoms with Gasteiger partial charge in [0.1, 0.15) is 5.70 Å². The fraction of sp³-hybridized carbons (Fsp3) is 0.214. The smallest absolute Gasteiger partial charge is 0.270 e. The number of rotatable bonds is 4. The second-order valence-corrected chi connectivity index (χ2v) is 8.58. The van der Waals surface area contributed by atoms with Crippen LogP contribution < -0.4 is 5.32 Å². The summed E-state index contributed by atoms with van der Waals surface area (Å²) in [6.45, 7) is 1.44. The van der Waals surface area contributed by atoms with E-state index in [-0.39, 0.29) is 11.8 Å². The Morgan fingerprint density at radius 3 is 2.30 bits per heavy atom. The van der Waals surface area contributed by atoms with Gasteiger partial charge in [0.15, 0.2) is 0 Å². The third-order valence-corrected chi connectivity index (χ3v) is 6.41. The fourth-order valence-corrected chi connectivity index (χ4v) is 4.64. The molecule has 0 unspecified atom stereocenters. The number of aromatic nitrogens is 1. The van der Waals surface area contributed by atoms with E-state index in [1.54, 1.807) is 18.2 Å². The minimum atomic E-state index is -0.279. The lowest BCUT2D eigenvalue weighted by Gasteiger charge is -2.27. The standard InChI is InChI=1S/C28H27N3O2/c1-30-25-13-7-6-12-22(25)23-18-20(14-15-26(23)30)19-24(28(33)31-16-8-3-9-17-31)29-27(32)21-10-4-2-5-11-21/h2,4-7,10-15,18-19H,3,8-9,16-17H2,1H3,(H,29,32)/b24-19-. The van der Waals surface area contributed by atoms with Crippen LogP contribution in [0.5, 0.6) is 0 Å². The van der Waals surface area contributed by atoms with E-state index in [9.17, 15) is 9.59 Å². The molecule has 0 saturated carbocycles. The van der Waals surface area contributed by atoms with Crippen LogP contribution >= 0.6 is 0 Å². The first-order chi connectivity index (χ1) is 16.1. The van der Waals surface area contributed by atoms with Crippen LogP contribution in [0.25, 0.3) is 27.9 Å². The lowest BCUT2D eigenvalue weighted by molar-refractivity contribution is -0.128. The van der Waals surface area contributed by atoms with Gasteiger partial charge < -0.3 is 14.8 Å². The van der Waals surface area contributed by atoms with Crippen LogP contribution in [0, 0.1) is 0 Å². The maximum Gasteiger partial charge on any atom is 0.270 e. The molecule has 1 aromatic heterocycles. The van der Waals surface area contributed by atoms with Gasteiger partial charge >= 0.3 is 0 Å². The number of hydrogen-bond acceptors (Lipinski definition) is 2. The van der Waals surface area contributed by atoms with E-state index >= 15 is 0 Å². The number of para-hydroxylation sites is 1. The van der Waals surface area contributed by atoms with Gasteiger partial charge in [0.05, 0.1) is 0 Å². The molecule has 5 nitrogen and oxygen atoms in total. The molecule has 2 heterocycles. The topological polar surface area (TPSA) is 54.3 Å². The molecule has 3 aromatic carbocycles. The Bertz CT molecular complexity index is 1360. The molecule has 0 aliphatic carbocycles. The number of piperidine rings is 1. The summed E-state index contributed by atoms with van der Waals surface area (Å²) in [5.41, 5.74) is 4.01. The van der Waals surface area contributed by atoms with Gasteiger partial charge in [-0.3, -0.25) is 9.59 Å². The van der Waals surface area contributed by atoms with Crippen molar-refractivity contribution in [3.05, 3.63) is 89.6 Å². The van der Waals surface area contributed by atoms with Crippen molar-refractivity contribution < 1.29 is 9.59 Å². The zero-order valence-corrected chi connectivity index (χ0v) is 18.8. The number of carbonyl (C=O) groups is 2. The van der Waals surface area contributed by atoms with Gasteiger partial charge in [0, 0.05) is 47.5 Å². The van der Waals surface area contributed by atoms with Crippen molar-refractivity contribution in [2.45, 2.75) is 19.3 Å². The van der Waals surface area contributed by atoms with Gasteiger partial charge in [-0.15, -0.1) is 0 Å². The Hall–Kier alpha value is -3.86. The van der Waals surface area contributed by atoms with Crippen molar-refractivity contribution in [1.82, 2.24) is 14.8 Å². The predicted molar refractivity (Wildman–Crippen MR) is 133 cm³/mol. The Morgan fingerprint density at radius 1 is 0.818 bits per heavy atom. The van der Waals surface area contributed by atoms with Crippen molar-refractivity contribution in [2.24, 2.45) is 7.05 Å². The number of aryl methyl sites for hydroxylation is 1. The highest BCUT2D eigenvalue weighted by molar-refractivity contribution is 6.09. The highest BCUT2D eigenvalue weighted by atomic mass is 16.2. The fourth-order valence-electron chi connectivity index (χ4n) is 4.64. The molecule has 1 fully saturated rings. The zero-order chi connectivity index (χ0) is 22.8. The van der Waals surface area contributed by atoms with E-state index in [1.807, 2.05) is 41.3 Å². The maximum atomic E-state index is 13.4. The average Bonchev–Trinajstić information content (AvgIpc) is 3.16. The summed E-state index contributed by atoms with van der Waals surface area (Å²) < 4.78 is 2.18. The molecule has 0 atom stereocenters. The third-order valence-electron chi connectivity index (χ3n) is 6.41. The average molecular weight is 438 g/mol. The van der Waals surface area contributed by atoms with Gasteiger partial charge in [0.2, 0.25) is 0 Å². The Balaban J connectivity index is 1.55. The molecular formula is C28H27N3O2. The number of nitrogens with zero attached hydrogens (tertiary/aromatic N) is 2. The van der Waals surface area contributed by atoms with Crippen LogP contribution in [0.2, 0.25) is 0 Å². The van der Waals surface area contributed by atoms with Gasteiger partial charge in [-0.1, -0.05) is 42.5 Å². The predicted octanol–water partition coefficient (Wildman–Crippen LogP) is 5.11. The molecule has 5 rings (SSSR count). The largest absolute Gasteiger partial charge is 0.344 e. The molecule has 1 aliphatic rings. The summed E-state index contributed by atoms with van der Waals surface area (Å²) in [7, 11) is 2.06. The van der Waals surface area contributed by atoms with Crippen LogP contribution in [0.4, 0.5) is 0 Å². The number of benzene rings is 3. The first kappa shape index (κ1) is 21.0. The quantitative estimate of drug-likeness (QED) is 0.451. The van der Waals surface area contributed by atoms with Crippen LogP contribution in [-0.4, -0.2) is 34.4 Å². The van der Waals surface area contributed by atoms with E-state index in [1.165, 1.54) is 5.39 Å².